The molecule has 0 N–H and O–H groups in total. The first kappa shape index (κ1) is 35.2. The molecule has 2 saturated heterocycles. The zero-order valence-corrected chi connectivity index (χ0v) is 27.4. The average Bonchev–Trinajstić information content (AvgIpc) is 3.47. The maximum Gasteiger partial charge on any atom is 0.335 e. The molecule has 2 fully saturated rings. The predicted octanol–water partition coefficient (Wildman–Crippen LogP) is 4.88. The molecule has 4 rings (SSSR count). The number of esters is 2. The van der Waals surface area contributed by atoms with Gasteiger partial charge in [0, 0.05) is 37.7 Å². The number of fused-ring (bicyclic) bond motifs is 3. The third kappa shape index (κ3) is 8.99. The second kappa shape index (κ2) is 16.3. The molecule has 2 bridgehead atoms. The first-order valence-corrected chi connectivity index (χ1v) is 16.6. The Hall–Kier alpha value is -3.66. The van der Waals surface area contributed by atoms with E-state index in [1.54, 1.807) is 18.5 Å². The highest BCUT2D eigenvalue weighted by atomic mass is 16.6. The van der Waals surface area contributed by atoms with Crippen molar-refractivity contribution in [2.24, 2.45) is 11.8 Å². The van der Waals surface area contributed by atoms with Crippen molar-refractivity contribution < 1.29 is 38.2 Å². The van der Waals surface area contributed by atoms with E-state index in [0.29, 0.717) is 57.8 Å². The van der Waals surface area contributed by atoms with E-state index in [0.717, 1.165) is 11.1 Å². The van der Waals surface area contributed by atoms with Crippen molar-refractivity contribution in [1.82, 2.24) is 9.88 Å². The Morgan fingerprint density at radius 2 is 1.89 bits per heavy atom. The van der Waals surface area contributed by atoms with Crippen molar-refractivity contribution >= 4 is 29.4 Å². The number of ether oxygens (including phenoxy) is 3. The Morgan fingerprint density at radius 3 is 2.63 bits per heavy atom. The van der Waals surface area contributed by atoms with E-state index < -0.39 is 47.5 Å². The van der Waals surface area contributed by atoms with Crippen LogP contribution < -0.4 is 0 Å². The molecule has 10 nitrogen and oxygen atoms in total. The van der Waals surface area contributed by atoms with Crippen LogP contribution in [0.3, 0.4) is 0 Å². The lowest BCUT2D eigenvalue weighted by Crippen LogP contribution is -2.55. The van der Waals surface area contributed by atoms with Gasteiger partial charge in [-0.3, -0.25) is 19.4 Å². The van der Waals surface area contributed by atoms with Crippen LogP contribution >= 0.6 is 0 Å². The van der Waals surface area contributed by atoms with Crippen molar-refractivity contribution in [2.75, 3.05) is 13.2 Å². The summed E-state index contributed by atoms with van der Waals surface area (Å²) in [7, 11) is 0. The third-order valence-corrected chi connectivity index (χ3v) is 9.51. The minimum absolute atomic E-state index is 0.0625. The molecule has 250 valence electrons. The summed E-state index contributed by atoms with van der Waals surface area (Å²) in [6, 6.07) is 2.91. The zero-order valence-electron chi connectivity index (χ0n) is 27.4. The molecule has 1 aromatic heterocycles. The predicted molar refractivity (Wildman–Crippen MR) is 170 cm³/mol. The lowest BCUT2D eigenvalue weighted by Gasteiger charge is -2.36. The van der Waals surface area contributed by atoms with Crippen molar-refractivity contribution in [3.63, 3.8) is 0 Å². The molecule has 3 aliphatic rings. The number of hydrogen-bond donors (Lipinski definition) is 0. The average molecular weight is 637 g/mol. The number of hydrogen-bond acceptors (Lipinski definition) is 9. The van der Waals surface area contributed by atoms with E-state index in [-0.39, 0.29) is 43.6 Å². The standard InChI is InChI=1S/C36H48N2O8/c1-5-9-27-22-24(2)17-21-44-35(43)31-16-18-36(4,46-31)32(40)33(41)38-20-7-6-11-28(38)34(42)45-30(25(3)12-14-29(27)39)15-13-26-10-8-19-37-23-26/h5,8,10,19,22-23,25,27-28,30-31H,1,6-7,9,11-18,20-21H2,2-4H3/b24-22+/t25?,27?,28-,30+,31?,36+/m0/s1. The van der Waals surface area contributed by atoms with E-state index in [4.69, 9.17) is 14.2 Å². The molecule has 3 unspecified atom stereocenters. The van der Waals surface area contributed by atoms with Gasteiger partial charge in [0.15, 0.2) is 6.10 Å². The number of carbonyl (C=O) groups excluding carboxylic acids is 5. The third-order valence-electron chi connectivity index (χ3n) is 9.51. The van der Waals surface area contributed by atoms with Gasteiger partial charge in [0.1, 0.15) is 23.5 Å². The number of aryl methyl sites for hydroxylation is 1. The summed E-state index contributed by atoms with van der Waals surface area (Å²) in [5.41, 5.74) is 0.409. The lowest BCUT2D eigenvalue weighted by atomic mass is 9.88. The maximum atomic E-state index is 13.8. The molecule has 0 saturated carbocycles. The fraction of sp³-hybridized carbons (Fsp3) is 0.611. The second-order valence-corrected chi connectivity index (χ2v) is 13.1. The Balaban J connectivity index is 1.61. The Morgan fingerprint density at radius 1 is 1.09 bits per heavy atom. The van der Waals surface area contributed by atoms with Gasteiger partial charge in [-0.15, -0.1) is 6.58 Å². The molecule has 1 amide bonds. The van der Waals surface area contributed by atoms with Crippen LogP contribution in [0.4, 0.5) is 0 Å². The molecule has 10 heteroatoms. The number of allylic oxidation sites excluding steroid dienone is 2. The first-order valence-electron chi connectivity index (χ1n) is 16.6. The number of amides is 1. The molecule has 0 aromatic carbocycles. The van der Waals surface area contributed by atoms with Crippen LogP contribution in [0.1, 0.15) is 90.5 Å². The van der Waals surface area contributed by atoms with Gasteiger partial charge in [0.05, 0.1) is 6.61 Å². The molecule has 0 aliphatic carbocycles. The highest BCUT2D eigenvalue weighted by molar-refractivity contribution is 6.39. The number of aromatic nitrogens is 1. The van der Waals surface area contributed by atoms with E-state index in [2.05, 4.69) is 11.6 Å². The van der Waals surface area contributed by atoms with Crippen molar-refractivity contribution in [3.05, 3.63) is 54.4 Å². The highest BCUT2D eigenvalue weighted by Crippen LogP contribution is 2.33. The maximum absolute atomic E-state index is 13.8. The van der Waals surface area contributed by atoms with Crippen LogP contribution in [0.5, 0.6) is 0 Å². The largest absolute Gasteiger partial charge is 0.463 e. The summed E-state index contributed by atoms with van der Waals surface area (Å²) in [4.78, 5) is 72.7. The minimum Gasteiger partial charge on any atom is -0.463 e. The molecular weight excluding hydrogens is 588 g/mol. The van der Waals surface area contributed by atoms with Crippen LogP contribution in [0.2, 0.25) is 0 Å². The van der Waals surface area contributed by atoms with E-state index in [1.165, 1.54) is 11.8 Å². The monoisotopic (exact) mass is 636 g/mol. The number of pyridine rings is 1. The topological polar surface area (TPSA) is 129 Å². The van der Waals surface area contributed by atoms with Gasteiger partial charge in [0.2, 0.25) is 0 Å². The van der Waals surface area contributed by atoms with Crippen molar-refractivity contribution in [3.8, 4) is 0 Å². The Bertz CT molecular complexity index is 1310. The summed E-state index contributed by atoms with van der Waals surface area (Å²) in [5, 5.41) is 0. The lowest BCUT2D eigenvalue weighted by molar-refractivity contribution is -0.171. The summed E-state index contributed by atoms with van der Waals surface area (Å²) >= 11 is 0. The number of Topliss-reactive ketones (excluding diaryl/α,β-unsaturated/α-hetero) is 2. The second-order valence-electron chi connectivity index (χ2n) is 13.1. The quantitative estimate of drug-likeness (QED) is 0.252. The van der Waals surface area contributed by atoms with Crippen LogP contribution in [0.25, 0.3) is 0 Å². The number of piperidine rings is 1. The number of cyclic esters (lactones) is 2. The van der Waals surface area contributed by atoms with Gasteiger partial charge >= 0.3 is 11.9 Å². The smallest absolute Gasteiger partial charge is 0.335 e. The summed E-state index contributed by atoms with van der Waals surface area (Å²) in [6.07, 6.45) is 10.6. The summed E-state index contributed by atoms with van der Waals surface area (Å²) in [5.74, 6) is -3.17. The molecule has 0 radical (unpaired) electrons. The van der Waals surface area contributed by atoms with E-state index in [9.17, 15) is 24.0 Å². The fourth-order valence-corrected chi connectivity index (χ4v) is 6.54. The molecule has 4 heterocycles. The van der Waals surface area contributed by atoms with Gasteiger partial charge < -0.3 is 19.1 Å². The van der Waals surface area contributed by atoms with E-state index in [1.807, 2.05) is 32.1 Å². The molecule has 46 heavy (non-hydrogen) atoms. The van der Waals surface area contributed by atoms with Crippen molar-refractivity contribution in [1.29, 1.82) is 0 Å². The number of carbonyl (C=O) groups is 5. The van der Waals surface area contributed by atoms with Crippen LogP contribution in [-0.4, -0.2) is 76.3 Å². The molecule has 3 aliphatic heterocycles. The van der Waals surface area contributed by atoms with Gasteiger partial charge in [-0.25, -0.2) is 9.59 Å². The molecule has 0 spiro atoms. The normalized spacial score (nSPS) is 32.0. The van der Waals surface area contributed by atoms with Crippen LogP contribution in [0.15, 0.2) is 48.8 Å². The first-order chi connectivity index (χ1) is 22.0. The molecular formula is C36H48N2O8. The Labute approximate surface area is 271 Å². The van der Waals surface area contributed by atoms with Gasteiger partial charge in [-0.2, -0.15) is 0 Å². The fourth-order valence-electron chi connectivity index (χ4n) is 6.54. The SMILES string of the molecule is C=CCC1/C=C(\C)CCOC(=O)C2CC[C@@](C)(O2)C(=O)C(=O)N2CCCC[C@H]2C(=O)O[C@H](CCc2cccnc2)C(C)CCC1=O. The van der Waals surface area contributed by atoms with E-state index >= 15 is 0 Å². The summed E-state index contributed by atoms with van der Waals surface area (Å²) in [6.45, 7) is 9.56. The summed E-state index contributed by atoms with van der Waals surface area (Å²) < 4.78 is 17.5. The van der Waals surface area contributed by atoms with Gasteiger partial charge in [0.25, 0.3) is 11.7 Å². The molecule has 6 atom stereocenters. The number of nitrogens with zero attached hydrogens (tertiary/aromatic N) is 2. The van der Waals surface area contributed by atoms with Crippen LogP contribution in [-0.2, 0) is 44.6 Å². The number of rotatable bonds is 5. The minimum atomic E-state index is -1.50. The van der Waals surface area contributed by atoms with Crippen molar-refractivity contribution in [2.45, 2.75) is 115 Å². The van der Waals surface area contributed by atoms with Gasteiger partial charge in [-0.1, -0.05) is 30.7 Å². The zero-order chi connectivity index (χ0) is 33.3. The number of ketones is 2. The molecule has 1 aromatic rings. The van der Waals surface area contributed by atoms with Crippen LogP contribution in [0, 0.1) is 11.8 Å². The highest BCUT2D eigenvalue weighted by Gasteiger charge is 2.50. The van der Waals surface area contributed by atoms with Gasteiger partial charge in [-0.05, 0) is 89.2 Å². The Kier molecular flexibility index (Phi) is 12.4.